The molecule has 1 amide bonds. The van der Waals surface area contributed by atoms with E-state index in [1.165, 1.54) is 18.1 Å². The van der Waals surface area contributed by atoms with Crippen molar-refractivity contribution in [2.24, 2.45) is 5.73 Å². The molecular formula is C12H16N6O2. The fourth-order valence-electron chi connectivity index (χ4n) is 1.60. The molecule has 20 heavy (non-hydrogen) atoms. The molecule has 0 saturated heterocycles. The largest absolute Gasteiger partial charge is 0.380 e. The zero-order valence-corrected chi connectivity index (χ0v) is 11.1. The van der Waals surface area contributed by atoms with Crippen molar-refractivity contribution >= 4 is 11.6 Å². The minimum atomic E-state index is -0.280. The average Bonchev–Trinajstić information content (AvgIpc) is 2.99. The molecular weight excluding hydrogens is 260 g/mol. The van der Waals surface area contributed by atoms with E-state index in [0.29, 0.717) is 18.1 Å². The second-order valence-corrected chi connectivity index (χ2v) is 4.09. The van der Waals surface area contributed by atoms with Crippen molar-refractivity contribution in [3.8, 4) is 5.82 Å². The van der Waals surface area contributed by atoms with E-state index in [9.17, 15) is 4.79 Å². The van der Waals surface area contributed by atoms with E-state index >= 15 is 0 Å². The topological polar surface area (TPSA) is 108 Å². The van der Waals surface area contributed by atoms with Crippen molar-refractivity contribution in [3.05, 3.63) is 31.0 Å². The van der Waals surface area contributed by atoms with Gasteiger partial charge in [-0.05, 0) is 12.1 Å². The Morgan fingerprint density at radius 3 is 2.95 bits per heavy atom. The van der Waals surface area contributed by atoms with Crippen LogP contribution in [0.4, 0.5) is 5.69 Å². The first kappa shape index (κ1) is 14.1. The summed E-state index contributed by atoms with van der Waals surface area (Å²) in [6.07, 6.45) is 4.45. The average molecular weight is 276 g/mol. The van der Waals surface area contributed by atoms with Crippen molar-refractivity contribution in [1.82, 2.24) is 19.7 Å². The molecule has 0 fully saturated rings. The number of nitrogens with two attached hydrogens (primary N) is 1. The summed E-state index contributed by atoms with van der Waals surface area (Å²) in [4.78, 5) is 19.8. The molecule has 8 nitrogen and oxygen atoms in total. The molecule has 0 aliphatic carbocycles. The van der Waals surface area contributed by atoms with Crippen molar-refractivity contribution in [1.29, 1.82) is 0 Å². The molecule has 0 aliphatic heterocycles. The summed E-state index contributed by atoms with van der Waals surface area (Å²) < 4.78 is 6.58. The molecule has 0 spiro atoms. The molecule has 0 radical (unpaired) electrons. The first-order chi connectivity index (χ1) is 9.72. The zero-order chi connectivity index (χ0) is 14.4. The molecule has 2 heterocycles. The van der Waals surface area contributed by atoms with Crippen LogP contribution in [0.3, 0.4) is 0 Å². The highest BCUT2D eigenvalue weighted by molar-refractivity contribution is 5.90. The summed E-state index contributed by atoms with van der Waals surface area (Å²) in [6, 6.07) is 3.48. The van der Waals surface area contributed by atoms with Gasteiger partial charge in [0.05, 0.1) is 24.4 Å². The monoisotopic (exact) mass is 276 g/mol. The van der Waals surface area contributed by atoms with Crippen LogP contribution in [0.25, 0.3) is 5.82 Å². The van der Waals surface area contributed by atoms with Crippen LogP contribution >= 0.6 is 0 Å². The second-order valence-electron chi connectivity index (χ2n) is 4.09. The third kappa shape index (κ3) is 3.59. The van der Waals surface area contributed by atoms with Crippen LogP contribution in [0.2, 0.25) is 0 Å². The van der Waals surface area contributed by atoms with Crippen molar-refractivity contribution in [2.75, 3.05) is 19.0 Å². The van der Waals surface area contributed by atoms with Crippen LogP contribution in [0.1, 0.15) is 6.42 Å². The summed E-state index contributed by atoms with van der Waals surface area (Å²) >= 11 is 0. The number of carbonyl (C=O) groups is 1. The number of nitrogens with zero attached hydrogens (tertiary/aromatic N) is 4. The maximum Gasteiger partial charge on any atom is 0.227 e. The van der Waals surface area contributed by atoms with E-state index in [0.717, 1.165) is 0 Å². The number of carbonyl (C=O) groups excluding carboxylic acids is 1. The van der Waals surface area contributed by atoms with E-state index in [4.69, 9.17) is 10.5 Å². The Kier molecular flexibility index (Phi) is 4.75. The molecule has 0 aromatic carbocycles. The highest BCUT2D eigenvalue weighted by Crippen LogP contribution is 2.09. The molecule has 0 bridgehead atoms. The Morgan fingerprint density at radius 1 is 1.55 bits per heavy atom. The zero-order valence-electron chi connectivity index (χ0n) is 11.1. The number of rotatable bonds is 6. The number of amides is 1. The van der Waals surface area contributed by atoms with E-state index in [1.807, 2.05) is 0 Å². The molecule has 0 aliphatic rings. The van der Waals surface area contributed by atoms with Gasteiger partial charge in [-0.3, -0.25) is 4.79 Å². The number of methoxy groups -OCH3 is 1. The highest BCUT2D eigenvalue weighted by atomic mass is 16.5. The minimum Gasteiger partial charge on any atom is -0.380 e. The summed E-state index contributed by atoms with van der Waals surface area (Å²) in [6.45, 7) is 0.299. The van der Waals surface area contributed by atoms with Gasteiger partial charge >= 0.3 is 0 Å². The lowest BCUT2D eigenvalue weighted by molar-refractivity contribution is -0.118. The van der Waals surface area contributed by atoms with Gasteiger partial charge in [0.15, 0.2) is 5.82 Å². The van der Waals surface area contributed by atoms with Gasteiger partial charge in [-0.1, -0.05) is 0 Å². The molecule has 2 rings (SSSR count). The van der Waals surface area contributed by atoms with Gasteiger partial charge in [0.25, 0.3) is 0 Å². The third-order valence-electron chi connectivity index (χ3n) is 2.69. The van der Waals surface area contributed by atoms with Gasteiger partial charge in [0.1, 0.15) is 12.7 Å². The molecule has 3 N–H and O–H groups in total. The Hall–Kier alpha value is -2.32. The van der Waals surface area contributed by atoms with Crippen LogP contribution in [-0.2, 0) is 9.53 Å². The van der Waals surface area contributed by atoms with Crippen LogP contribution in [-0.4, -0.2) is 45.4 Å². The number of anilines is 1. The van der Waals surface area contributed by atoms with Crippen LogP contribution in [0.5, 0.6) is 0 Å². The Bertz CT molecular complexity index is 536. The van der Waals surface area contributed by atoms with E-state index in [-0.39, 0.29) is 18.4 Å². The summed E-state index contributed by atoms with van der Waals surface area (Å²) in [7, 11) is 1.53. The van der Waals surface area contributed by atoms with Gasteiger partial charge < -0.3 is 15.8 Å². The lowest BCUT2D eigenvalue weighted by Gasteiger charge is -2.12. The lowest BCUT2D eigenvalue weighted by Crippen LogP contribution is -2.28. The van der Waals surface area contributed by atoms with Crippen molar-refractivity contribution in [2.45, 2.75) is 12.5 Å². The highest BCUT2D eigenvalue weighted by Gasteiger charge is 2.11. The smallest absolute Gasteiger partial charge is 0.227 e. The van der Waals surface area contributed by atoms with Crippen LogP contribution in [0, 0.1) is 0 Å². The standard InChI is InChI=1S/C12H16N6O2/c1-20-10(5-13)4-12(19)17-9-2-3-11(15-6-9)18-8-14-7-16-18/h2-3,6-8,10H,4-5,13H2,1H3,(H,17,19). The lowest BCUT2D eigenvalue weighted by atomic mass is 10.2. The maximum atomic E-state index is 11.8. The van der Waals surface area contributed by atoms with Gasteiger partial charge in [-0.2, -0.15) is 5.10 Å². The third-order valence-corrected chi connectivity index (χ3v) is 2.69. The van der Waals surface area contributed by atoms with E-state index in [1.54, 1.807) is 24.7 Å². The predicted molar refractivity (Wildman–Crippen MR) is 72.3 cm³/mol. The maximum absolute atomic E-state index is 11.8. The number of ether oxygens (including phenoxy) is 1. The molecule has 106 valence electrons. The minimum absolute atomic E-state index is 0.169. The number of nitrogens with one attached hydrogen (secondary N) is 1. The number of hydrogen-bond acceptors (Lipinski definition) is 6. The van der Waals surface area contributed by atoms with Crippen molar-refractivity contribution in [3.63, 3.8) is 0 Å². The van der Waals surface area contributed by atoms with Gasteiger partial charge in [0, 0.05) is 13.7 Å². The van der Waals surface area contributed by atoms with E-state index in [2.05, 4.69) is 20.4 Å². The van der Waals surface area contributed by atoms with Gasteiger partial charge in [0.2, 0.25) is 5.91 Å². The predicted octanol–water partition coefficient (Wildman–Crippen LogP) is -0.0354. The number of hydrogen-bond donors (Lipinski definition) is 2. The Labute approximate surface area is 116 Å². The number of pyridine rings is 1. The quantitative estimate of drug-likeness (QED) is 0.766. The fourth-order valence-corrected chi connectivity index (χ4v) is 1.60. The summed E-state index contributed by atoms with van der Waals surface area (Å²) in [5.41, 5.74) is 6.07. The second kappa shape index (κ2) is 6.73. The number of aromatic nitrogens is 4. The van der Waals surface area contributed by atoms with Crippen LogP contribution < -0.4 is 11.1 Å². The molecule has 2 aromatic rings. The Morgan fingerprint density at radius 2 is 2.40 bits per heavy atom. The van der Waals surface area contributed by atoms with Crippen molar-refractivity contribution < 1.29 is 9.53 Å². The molecule has 1 unspecified atom stereocenters. The van der Waals surface area contributed by atoms with Crippen LogP contribution in [0.15, 0.2) is 31.0 Å². The molecule has 2 aromatic heterocycles. The SMILES string of the molecule is COC(CN)CC(=O)Nc1ccc(-n2cncn2)nc1. The van der Waals surface area contributed by atoms with Gasteiger partial charge in [-0.25, -0.2) is 14.6 Å². The normalized spacial score (nSPS) is 12.1. The first-order valence-electron chi connectivity index (χ1n) is 6.06. The summed E-state index contributed by atoms with van der Waals surface area (Å²) in [5, 5.41) is 6.70. The summed E-state index contributed by atoms with van der Waals surface area (Å²) in [5.74, 6) is 0.454. The van der Waals surface area contributed by atoms with Gasteiger partial charge in [-0.15, -0.1) is 0 Å². The molecule has 0 saturated carbocycles. The molecule has 1 atom stereocenters. The molecule has 8 heteroatoms. The fraction of sp³-hybridized carbons (Fsp3) is 0.333. The first-order valence-corrected chi connectivity index (χ1v) is 6.06. The Balaban J connectivity index is 1.95. The van der Waals surface area contributed by atoms with E-state index < -0.39 is 0 Å².